The molecule has 0 radical (unpaired) electrons. The van der Waals surface area contributed by atoms with Gasteiger partial charge in [-0.15, -0.1) is 0 Å². The van der Waals surface area contributed by atoms with Crippen molar-refractivity contribution >= 4 is 34.9 Å². The highest BCUT2D eigenvalue weighted by Crippen LogP contribution is 2.36. The lowest BCUT2D eigenvalue weighted by atomic mass is 9.88. The monoisotopic (exact) mass is 533 g/mol. The topological polar surface area (TPSA) is 85.8 Å². The van der Waals surface area contributed by atoms with Gasteiger partial charge < -0.3 is 10.2 Å². The minimum absolute atomic E-state index is 0.0864. The Hall–Kier alpha value is -3.26. The van der Waals surface area contributed by atoms with Gasteiger partial charge >= 0.3 is 0 Å². The Balaban J connectivity index is 1.29. The Morgan fingerprint density at radius 2 is 1.82 bits per heavy atom. The summed E-state index contributed by atoms with van der Waals surface area (Å²) in [6.07, 6.45) is 7.95. The number of nitrogens with one attached hydrogen (secondary N) is 1. The predicted molar refractivity (Wildman–Crippen MR) is 155 cm³/mol. The minimum Gasteiger partial charge on any atom is -0.343 e. The fourth-order valence-corrected chi connectivity index (χ4v) is 5.50. The molecule has 1 N–H and O–H groups in total. The molecule has 0 atom stereocenters. The van der Waals surface area contributed by atoms with Crippen molar-refractivity contribution in [2.24, 2.45) is 11.3 Å². The number of aromatic nitrogens is 1. The summed E-state index contributed by atoms with van der Waals surface area (Å²) in [5.41, 5.74) is 1.27. The molecule has 1 aromatic heterocycles. The number of carbonyl (C=O) groups excluding carboxylic acids is 3. The molecule has 0 bridgehead atoms. The second kappa shape index (κ2) is 12.7. The molecule has 3 heterocycles. The number of nitrogens with zero attached hydrogens (tertiary/aromatic N) is 4. The Morgan fingerprint density at radius 3 is 2.54 bits per heavy atom. The number of likely N-dealkylation sites (tertiary alicyclic amines) is 1. The molecule has 8 heteroatoms. The van der Waals surface area contributed by atoms with Crippen LogP contribution in [-0.2, 0) is 9.59 Å². The molecule has 210 valence electrons. The molecule has 2 aromatic rings. The molecular formula is C31H43N5O3. The van der Waals surface area contributed by atoms with Crippen LogP contribution in [0.5, 0.6) is 0 Å². The van der Waals surface area contributed by atoms with Crippen molar-refractivity contribution in [1.29, 1.82) is 0 Å². The minimum atomic E-state index is -0.292. The number of unbranched alkanes of at least 4 members (excludes halogenated alkanes) is 1. The summed E-state index contributed by atoms with van der Waals surface area (Å²) in [7, 11) is 0. The first-order chi connectivity index (χ1) is 18.7. The summed E-state index contributed by atoms with van der Waals surface area (Å²) in [6, 6.07) is 10.7. The fourth-order valence-electron chi connectivity index (χ4n) is 5.50. The van der Waals surface area contributed by atoms with Gasteiger partial charge in [0.25, 0.3) is 5.91 Å². The molecule has 4 rings (SSSR count). The summed E-state index contributed by atoms with van der Waals surface area (Å²) in [4.78, 5) is 49.5. The van der Waals surface area contributed by atoms with Crippen molar-refractivity contribution < 1.29 is 14.4 Å². The van der Waals surface area contributed by atoms with Gasteiger partial charge in [-0.25, -0.2) is 4.98 Å². The lowest BCUT2D eigenvalue weighted by Crippen LogP contribution is -2.42. The Morgan fingerprint density at radius 1 is 1.08 bits per heavy atom. The molecule has 8 nitrogen and oxygen atoms in total. The standard InChI is InChI=1S/C31H43N5O3/c1-5-31(3,4)30(39)35(6-2)19-10-9-12-23-16-20-34(21-17-23)22-27(37)36-26-15-8-7-13-24(26)29(38)33-25-14-11-18-32-28(25)36/h7-8,11,13-15,18,23H,5-6,9-10,12,16-17,19-22H2,1-4H3,(H,33,38). The molecule has 0 unspecified atom stereocenters. The number of piperidine rings is 1. The molecule has 2 aliphatic heterocycles. The lowest BCUT2D eigenvalue weighted by molar-refractivity contribution is -0.140. The molecule has 0 saturated carbocycles. The summed E-state index contributed by atoms with van der Waals surface area (Å²) in [6.45, 7) is 11.8. The van der Waals surface area contributed by atoms with Crippen molar-refractivity contribution in [3.05, 3.63) is 48.2 Å². The summed E-state index contributed by atoms with van der Waals surface area (Å²) in [5, 5.41) is 2.89. The maximum absolute atomic E-state index is 13.7. The molecule has 1 aromatic carbocycles. The Bertz CT molecular complexity index is 1170. The maximum Gasteiger partial charge on any atom is 0.257 e. The highest BCUT2D eigenvalue weighted by molar-refractivity contribution is 6.17. The number of pyridine rings is 1. The highest BCUT2D eigenvalue weighted by atomic mass is 16.2. The third-order valence-electron chi connectivity index (χ3n) is 8.37. The number of rotatable bonds is 10. The van der Waals surface area contributed by atoms with Crippen molar-refractivity contribution in [2.45, 2.75) is 66.2 Å². The largest absolute Gasteiger partial charge is 0.343 e. The lowest BCUT2D eigenvalue weighted by Gasteiger charge is -2.33. The second-order valence-corrected chi connectivity index (χ2v) is 11.4. The van der Waals surface area contributed by atoms with Crippen molar-refractivity contribution in [3.8, 4) is 0 Å². The quantitative estimate of drug-likeness (QED) is 0.409. The molecule has 0 spiro atoms. The average molecular weight is 534 g/mol. The van der Waals surface area contributed by atoms with Gasteiger partial charge in [0, 0.05) is 24.7 Å². The van der Waals surface area contributed by atoms with E-state index < -0.39 is 0 Å². The number of amides is 3. The summed E-state index contributed by atoms with van der Waals surface area (Å²) < 4.78 is 0. The van der Waals surface area contributed by atoms with Crippen LogP contribution in [-0.4, -0.2) is 65.2 Å². The molecule has 1 fully saturated rings. The second-order valence-electron chi connectivity index (χ2n) is 11.4. The average Bonchev–Trinajstić information content (AvgIpc) is 3.07. The van der Waals surface area contributed by atoms with Gasteiger partial charge in [-0.2, -0.15) is 0 Å². The van der Waals surface area contributed by atoms with Gasteiger partial charge in [0.05, 0.1) is 23.5 Å². The van der Waals surface area contributed by atoms with Crippen molar-refractivity contribution in [3.63, 3.8) is 0 Å². The van der Waals surface area contributed by atoms with Gasteiger partial charge in [-0.1, -0.05) is 45.7 Å². The normalized spacial score (nSPS) is 16.2. The molecule has 3 amide bonds. The molecule has 0 aliphatic carbocycles. The van der Waals surface area contributed by atoms with Gasteiger partial charge in [0.1, 0.15) is 0 Å². The number of carbonyl (C=O) groups is 3. The van der Waals surface area contributed by atoms with E-state index in [2.05, 4.69) is 29.0 Å². The first-order valence-electron chi connectivity index (χ1n) is 14.4. The zero-order chi connectivity index (χ0) is 28.0. The van der Waals surface area contributed by atoms with Crippen LogP contribution in [0.4, 0.5) is 17.2 Å². The zero-order valence-electron chi connectivity index (χ0n) is 23.9. The van der Waals surface area contributed by atoms with Crippen molar-refractivity contribution in [2.75, 3.05) is 42.9 Å². The van der Waals surface area contributed by atoms with Crippen LogP contribution in [0.3, 0.4) is 0 Å². The Labute approximate surface area is 232 Å². The van der Waals surface area contributed by atoms with Gasteiger partial charge in [0.2, 0.25) is 11.8 Å². The molecule has 39 heavy (non-hydrogen) atoms. The van der Waals surface area contributed by atoms with E-state index in [0.29, 0.717) is 28.7 Å². The van der Waals surface area contributed by atoms with Crippen LogP contribution in [0.15, 0.2) is 42.6 Å². The van der Waals surface area contributed by atoms with E-state index in [1.807, 2.05) is 24.8 Å². The van der Waals surface area contributed by atoms with Crippen molar-refractivity contribution in [1.82, 2.24) is 14.8 Å². The number of anilines is 3. The summed E-state index contributed by atoms with van der Waals surface area (Å²) >= 11 is 0. The van der Waals surface area contributed by atoms with Crippen LogP contribution in [0.2, 0.25) is 0 Å². The van der Waals surface area contributed by atoms with E-state index in [1.54, 1.807) is 41.4 Å². The maximum atomic E-state index is 13.7. The molecular weight excluding hydrogens is 490 g/mol. The van der Waals surface area contributed by atoms with E-state index in [-0.39, 0.29) is 29.7 Å². The number of hydrogen-bond donors (Lipinski definition) is 1. The first-order valence-corrected chi connectivity index (χ1v) is 14.4. The predicted octanol–water partition coefficient (Wildman–Crippen LogP) is 5.48. The highest BCUT2D eigenvalue weighted by Gasteiger charge is 2.32. The fraction of sp³-hybridized carbons (Fsp3) is 0.548. The third-order valence-corrected chi connectivity index (χ3v) is 8.37. The number of benzene rings is 1. The van der Waals surface area contributed by atoms with Crippen LogP contribution in [0.25, 0.3) is 0 Å². The van der Waals surface area contributed by atoms with Crippen LogP contribution in [0, 0.1) is 11.3 Å². The van der Waals surface area contributed by atoms with E-state index in [1.165, 1.54) is 0 Å². The van der Waals surface area contributed by atoms with Crippen LogP contribution in [0.1, 0.15) is 76.6 Å². The van der Waals surface area contributed by atoms with Gasteiger partial charge in [-0.3, -0.25) is 24.2 Å². The number of hydrogen-bond acceptors (Lipinski definition) is 5. The summed E-state index contributed by atoms with van der Waals surface area (Å²) in [5.74, 6) is 1.04. The number of fused-ring (bicyclic) bond motifs is 2. The van der Waals surface area contributed by atoms with E-state index >= 15 is 0 Å². The van der Waals surface area contributed by atoms with E-state index in [0.717, 1.165) is 64.7 Å². The third kappa shape index (κ3) is 6.67. The SMILES string of the molecule is CCN(CCCCC1CCN(CC(=O)N2c3ccccc3C(=O)Nc3cccnc32)CC1)C(=O)C(C)(C)CC. The molecule has 2 aliphatic rings. The first kappa shape index (κ1) is 28.7. The smallest absolute Gasteiger partial charge is 0.257 e. The zero-order valence-corrected chi connectivity index (χ0v) is 23.9. The Kier molecular flexibility index (Phi) is 9.38. The van der Waals surface area contributed by atoms with Crippen LogP contribution < -0.4 is 10.2 Å². The molecule has 1 saturated heterocycles. The van der Waals surface area contributed by atoms with Crippen LogP contribution >= 0.6 is 0 Å². The van der Waals surface area contributed by atoms with Gasteiger partial charge in [0.15, 0.2) is 5.82 Å². The van der Waals surface area contributed by atoms with E-state index in [9.17, 15) is 14.4 Å². The number of para-hydroxylation sites is 1. The van der Waals surface area contributed by atoms with Gasteiger partial charge in [-0.05, 0) is 75.9 Å². The van der Waals surface area contributed by atoms with E-state index in [4.69, 9.17) is 0 Å².